The Hall–Kier alpha value is -2.14. The lowest BCUT2D eigenvalue weighted by molar-refractivity contribution is 0.292. The minimum atomic E-state index is 0.408. The van der Waals surface area contributed by atoms with Crippen LogP contribution < -0.4 is 14.8 Å². The van der Waals surface area contributed by atoms with Gasteiger partial charge in [-0.15, -0.1) is 0 Å². The van der Waals surface area contributed by atoms with E-state index in [0.717, 1.165) is 35.8 Å². The van der Waals surface area contributed by atoms with E-state index in [1.165, 1.54) is 0 Å². The van der Waals surface area contributed by atoms with E-state index in [9.17, 15) is 0 Å². The zero-order chi connectivity index (χ0) is 12.9. The molecule has 0 saturated carbocycles. The molecule has 1 N–H and O–H groups in total. The molecule has 1 aliphatic rings. The van der Waals surface area contributed by atoms with E-state index >= 15 is 0 Å². The van der Waals surface area contributed by atoms with Crippen LogP contribution in [0.25, 0.3) is 0 Å². The Morgan fingerprint density at radius 2 is 2.32 bits per heavy atom. The molecule has 0 bridgehead atoms. The standard InChI is InChI=1S/C14H15N3O2/c1-2-12(17-16-5-1)10-19-13-4-3-11-9-15-6-7-18-14(11)8-13/h1-5,8,15H,6-7,9-10H2. The third kappa shape index (κ3) is 3.00. The first-order chi connectivity index (χ1) is 9.42. The molecule has 5 nitrogen and oxygen atoms in total. The van der Waals surface area contributed by atoms with Crippen molar-refractivity contribution in [3.05, 3.63) is 47.8 Å². The minimum Gasteiger partial charge on any atom is -0.492 e. The summed E-state index contributed by atoms with van der Waals surface area (Å²) < 4.78 is 11.4. The van der Waals surface area contributed by atoms with Crippen LogP contribution in [0.2, 0.25) is 0 Å². The predicted octanol–water partition coefficient (Wildman–Crippen LogP) is 1.54. The van der Waals surface area contributed by atoms with Crippen molar-refractivity contribution in [1.29, 1.82) is 0 Å². The smallest absolute Gasteiger partial charge is 0.132 e. The van der Waals surface area contributed by atoms with E-state index in [1.807, 2.05) is 30.3 Å². The van der Waals surface area contributed by atoms with Gasteiger partial charge in [0.25, 0.3) is 0 Å². The summed E-state index contributed by atoms with van der Waals surface area (Å²) in [5.74, 6) is 1.67. The molecule has 0 fully saturated rings. The highest BCUT2D eigenvalue weighted by molar-refractivity contribution is 5.41. The van der Waals surface area contributed by atoms with Gasteiger partial charge in [-0.2, -0.15) is 10.2 Å². The first-order valence-electron chi connectivity index (χ1n) is 6.27. The Morgan fingerprint density at radius 1 is 1.32 bits per heavy atom. The summed E-state index contributed by atoms with van der Waals surface area (Å²) in [6.45, 7) is 2.79. The van der Waals surface area contributed by atoms with Gasteiger partial charge in [-0.3, -0.25) is 0 Å². The fourth-order valence-electron chi connectivity index (χ4n) is 1.93. The SMILES string of the molecule is c1cnnc(COc2ccc3c(c2)OCCNC3)c1. The number of nitrogens with zero attached hydrogens (tertiary/aromatic N) is 2. The van der Waals surface area contributed by atoms with Gasteiger partial charge in [-0.1, -0.05) is 6.07 Å². The second-order valence-corrected chi connectivity index (χ2v) is 4.30. The van der Waals surface area contributed by atoms with Crippen LogP contribution in [0.3, 0.4) is 0 Å². The van der Waals surface area contributed by atoms with Gasteiger partial charge in [0, 0.05) is 30.9 Å². The number of hydrogen-bond acceptors (Lipinski definition) is 5. The summed E-state index contributed by atoms with van der Waals surface area (Å²) >= 11 is 0. The number of ether oxygens (including phenoxy) is 2. The molecule has 0 spiro atoms. The first kappa shape index (κ1) is 11.9. The van der Waals surface area contributed by atoms with E-state index in [4.69, 9.17) is 9.47 Å². The fourth-order valence-corrected chi connectivity index (χ4v) is 1.93. The number of fused-ring (bicyclic) bond motifs is 1. The van der Waals surface area contributed by atoms with E-state index < -0.39 is 0 Å². The van der Waals surface area contributed by atoms with Crippen LogP contribution in [-0.4, -0.2) is 23.3 Å². The van der Waals surface area contributed by atoms with Gasteiger partial charge in [0.05, 0.1) is 0 Å². The summed E-state index contributed by atoms with van der Waals surface area (Å²) in [6.07, 6.45) is 1.65. The number of hydrogen-bond donors (Lipinski definition) is 1. The normalized spacial score (nSPS) is 14.1. The van der Waals surface area contributed by atoms with Crippen molar-refractivity contribution in [3.63, 3.8) is 0 Å². The molecule has 0 unspecified atom stereocenters. The topological polar surface area (TPSA) is 56.3 Å². The molecule has 0 amide bonds. The molecule has 0 atom stereocenters. The molecular weight excluding hydrogens is 242 g/mol. The fraction of sp³-hybridized carbons (Fsp3) is 0.286. The highest BCUT2D eigenvalue weighted by Gasteiger charge is 2.09. The summed E-state index contributed by atoms with van der Waals surface area (Å²) in [7, 11) is 0. The van der Waals surface area contributed by atoms with Gasteiger partial charge in [-0.25, -0.2) is 0 Å². The van der Waals surface area contributed by atoms with Crippen LogP contribution in [0, 0.1) is 0 Å². The second-order valence-electron chi connectivity index (χ2n) is 4.30. The highest BCUT2D eigenvalue weighted by Crippen LogP contribution is 2.26. The number of nitrogens with one attached hydrogen (secondary N) is 1. The molecule has 2 heterocycles. The van der Waals surface area contributed by atoms with Crippen molar-refractivity contribution in [2.45, 2.75) is 13.2 Å². The Kier molecular flexibility index (Phi) is 3.56. The molecule has 3 rings (SSSR count). The monoisotopic (exact) mass is 257 g/mol. The maximum Gasteiger partial charge on any atom is 0.132 e. The van der Waals surface area contributed by atoms with E-state index in [2.05, 4.69) is 15.5 Å². The van der Waals surface area contributed by atoms with Crippen molar-refractivity contribution in [1.82, 2.24) is 15.5 Å². The van der Waals surface area contributed by atoms with Crippen molar-refractivity contribution >= 4 is 0 Å². The molecule has 1 aromatic heterocycles. The number of aromatic nitrogens is 2. The number of benzene rings is 1. The summed E-state index contributed by atoms with van der Waals surface area (Å²) in [5.41, 5.74) is 1.96. The summed E-state index contributed by atoms with van der Waals surface area (Å²) in [5, 5.41) is 11.1. The molecular formula is C14H15N3O2. The zero-order valence-corrected chi connectivity index (χ0v) is 10.5. The van der Waals surface area contributed by atoms with Crippen LogP contribution in [0.15, 0.2) is 36.5 Å². The molecule has 0 saturated heterocycles. The molecule has 19 heavy (non-hydrogen) atoms. The lowest BCUT2D eigenvalue weighted by atomic mass is 10.2. The van der Waals surface area contributed by atoms with Crippen LogP contribution in [-0.2, 0) is 13.2 Å². The molecule has 0 radical (unpaired) electrons. The maximum atomic E-state index is 5.70. The summed E-state index contributed by atoms with van der Waals surface area (Å²) in [4.78, 5) is 0. The van der Waals surface area contributed by atoms with Gasteiger partial charge in [-0.05, 0) is 18.2 Å². The zero-order valence-electron chi connectivity index (χ0n) is 10.5. The maximum absolute atomic E-state index is 5.70. The highest BCUT2D eigenvalue weighted by atomic mass is 16.5. The molecule has 1 aliphatic heterocycles. The van der Waals surface area contributed by atoms with Crippen LogP contribution in [0.4, 0.5) is 0 Å². The third-order valence-electron chi connectivity index (χ3n) is 2.90. The predicted molar refractivity (Wildman–Crippen MR) is 70.0 cm³/mol. The van der Waals surface area contributed by atoms with Crippen molar-refractivity contribution in [3.8, 4) is 11.5 Å². The average molecular weight is 257 g/mol. The number of rotatable bonds is 3. The van der Waals surface area contributed by atoms with Gasteiger partial charge in [0.15, 0.2) is 0 Å². The molecule has 5 heteroatoms. The molecule has 98 valence electrons. The van der Waals surface area contributed by atoms with Gasteiger partial charge in [0.1, 0.15) is 30.4 Å². The third-order valence-corrected chi connectivity index (χ3v) is 2.90. The van der Waals surface area contributed by atoms with Crippen LogP contribution >= 0.6 is 0 Å². The minimum absolute atomic E-state index is 0.408. The molecule has 0 aliphatic carbocycles. The Morgan fingerprint density at radius 3 is 3.21 bits per heavy atom. The summed E-state index contributed by atoms with van der Waals surface area (Å²) in [6, 6.07) is 9.64. The van der Waals surface area contributed by atoms with E-state index in [-0.39, 0.29) is 0 Å². The van der Waals surface area contributed by atoms with Crippen molar-refractivity contribution in [2.24, 2.45) is 0 Å². The van der Waals surface area contributed by atoms with Crippen molar-refractivity contribution < 1.29 is 9.47 Å². The van der Waals surface area contributed by atoms with Crippen LogP contribution in [0.1, 0.15) is 11.3 Å². The quantitative estimate of drug-likeness (QED) is 0.903. The lowest BCUT2D eigenvalue weighted by Crippen LogP contribution is -2.16. The first-order valence-corrected chi connectivity index (χ1v) is 6.27. The largest absolute Gasteiger partial charge is 0.492 e. The van der Waals surface area contributed by atoms with Gasteiger partial charge < -0.3 is 14.8 Å². The second kappa shape index (κ2) is 5.67. The lowest BCUT2D eigenvalue weighted by Gasteiger charge is -2.10. The Balaban J connectivity index is 1.70. The van der Waals surface area contributed by atoms with E-state index in [0.29, 0.717) is 13.2 Å². The van der Waals surface area contributed by atoms with Crippen molar-refractivity contribution in [2.75, 3.05) is 13.2 Å². The van der Waals surface area contributed by atoms with E-state index in [1.54, 1.807) is 6.20 Å². The van der Waals surface area contributed by atoms with Crippen LogP contribution in [0.5, 0.6) is 11.5 Å². The Labute approximate surface area is 111 Å². The average Bonchev–Trinajstić information content (AvgIpc) is 2.71. The Bertz CT molecular complexity index is 546. The van der Waals surface area contributed by atoms with Gasteiger partial charge in [0.2, 0.25) is 0 Å². The molecule has 1 aromatic carbocycles. The van der Waals surface area contributed by atoms with Gasteiger partial charge >= 0.3 is 0 Å². The molecule has 2 aromatic rings.